The molecule has 0 aliphatic carbocycles. The number of nitrogens with zero attached hydrogens (tertiary/aromatic N) is 3. The predicted octanol–water partition coefficient (Wildman–Crippen LogP) is 4.94. The fourth-order valence-corrected chi connectivity index (χ4v) is 4.02. The Morgan fingerprint density at radius 1 is 1.03 bits per heavy atom. The van der Waals surface area contributed by atoms with Gasteiger partial charge in [0.15, 0.2) is 0 Å². The molecule has 9 heteroatoms. The second-order valence-corrected chi connectivity index (χ2v) is 8.38. The molecular formula is C25H20ClN3O5. The van der Waals surface area contributed by atoms with Crippen LogP contribution in [0.15, 0.2) is 78.4 Å². The van der Waals surface area contributed by atoms with Crippen molar-refractivity contribution >= 4 is 46.1 Å². The zero-order chi connectivity index (χ0) is 24.6. The molecule has 3 aromatic carbocycles. The Morgan fingerprint density at radius 2 is 1.68 bits per heavy atom. The third-order valence-corrected chi connectivity index (χ3v) is 5.86. The average Bonchev–Trinajstić information content (AvgIpc) is 3.09. The van der Waals surface area contributed by atoms with Crippen molar-refractivity contribution < 1.29 is 19.6 Å². The molecule has 1 atom stereocenters. The Morgan fingerprint density at radius 3 is 2.26 bits per heavy atom. The first kappa shape index (κ1) is 23.0. The summed E-state index contributed by atoms with van der Waals surface area (Å²) in [6, 6.07) is 17.7. The maximum Gasteiger partial charge on any atom is 0.300 e. The van der Waals surface area contributed by atoms with Crippen LogP contribution in [0.25, 0.3) is 5.76 Å². The lowest BCUT2D eigenvalue weighted by atomic mass is 9.95. The molecule has 1 saturated heterocycles. The number of halogens is 1. The van der Waals surface area contributed by atoms with Crippen LogP contribution >= 0.6 is 11.6 Å². The number of ketones is 1. The lowest BCUT2D eigenvalue weighted by Gasteiger charge is -2.26. The molecule has 0 spiro atoms. The van der Waals surface area contributed by atoms with Crippen molar-refractivity contribution in [2.75, 3.05) is 23.9 Å². The Hall–Kier alpha value is -4.17. The normalized spacial score (nSPS) is 17.1. The highest BCUT2D eigenvalue weighted by Crippen LogP contribution is 2.43. The molecule has 0 aromatic heterocycles. The zero-order valence-corrected chi connectivity index (χ0v) is 19.1. The van der Waals surface area contributed by atoms with Crippen LogP contribution in [-0.2, 0) is 9.59 Å². The van der Waals surface area contributed by atoms with Gasteiger partial charge in [0.25, 0.3) is 17.4 Å². The predicted molar refractivity (Wildman–Crippen MR) is 130 cm³/mol. The number of hydrogen-bond acceptors (Lipinski definition) is 6. The largest absolute Gasteiger partial charge is 0.507 e. The third kappa shape index (κ3) is 4.11. The van der Waals surface area contributed by atoms with Gasteiger partial charge in [0.05, 0.1) is 16.5 Å². The van der Waals surface area contributed by atoms with Crippen molar-refractivity contribution in [1.82, 2.24) is 0 Å². The van der Waals surface area contributed by atoms with Crippen LogP contribution in [0.5, 0.6) is 0 Å². The number of hydrogen-bond donors (Lipinski definition) is 1. The summed E-state index contributed by atoms with van der Waals surface area (Å²) in [5, 5.41) is 22.9. The monoisotopic (exact) mass is 477 g/mol. The molecule has 172 valence electrons. The first-order valence-corrected chi connectivity index (χ1v) is 10.7. The van der Waals surface area contributed by atoms with E-state index >= 15 is 0 Å². The highest BCUT2D eigenvalue weighted by Gasteiger charge is 2.47. The van der Waals surface area contributed by atoms with Crippen LogP contribution in [0.3, 0.4) is 0 Å². The fraction of sp³-hybridized carbons (Fsp3) is 0.120. The Kier molecular flexibility index (Phi) is 6.08. The van der Waals surface area contributed by atoms with Gasteiger partial charge < -0.3 is 10.0 Å². The summed E-state index contributed by atoms with van der Waals surface area (Å²) in [5.41, 5.74) is 1.55. The van der Waals surface area contributed by atoms with Gasteiger partial charge in [-0.15, -0.1) is 0 Å². The van der Waals surface area contributed by atoms with E-state index in [9.17, 15) is 24.8 Å². The molecule has 4 rings (SSSR count). The van der Waals surface area contributed by atoms with Crippen molar-refractivity contribution in [3.63, 3.8) is 0 Å². The molecule has 0 radical (unpaired) electrons. The zero-order valence-electron chi connectivity index (χ0n) is 18.3. The molecule has 8 nitrogen and oxygen atoms in total. The van der Waals surface area contributed by atoms with E-state index in [1.54, 1.807) is 42.5 Å². The standard InChI is InChI=1S/C25H20ClN3O5/c1-27(2)18-10-12-19(13-11-18)28-22(16-4-3-5-20(14-16)29(33)34)21(24(31)25(28)32)23(30)15-6-8-17(26)9-7-15/h3-14,22,30H,1-2H3/b23-21+/t22-/m1/s1. The lowest BCUT2D eigenvalue weighted by Crippen LogP contribution is -2.29. The lowest BCUT2D eigenvalue weighted by molar-refractivity contribution is -0.384. The van der Waals surface area contributed by atoms with Gasteiger partial charge in [-0.25, -0.2) is 0 Å². The number of rotatable bonds is 5. The van der Waals surface area contributed by atoms with Crippen LogP contribution in [0.2, 0.25) is 5.02 Å². The van der Waals surface area contributed by atoms with Gasteiger partial charge in [-0.3, -0.25) is 24.6 Å². The number of amides is 1. The molecule has 0 unspecified atom stereocenters. The van der Waals surface area contributed by atoms with Crippen LogP contribution in [0, 0.1) is 10.1 Å². The van der Waals surface area contributed by atoms with E-state index in [1.165, 1.54) is 35.2 Å². The van der Waals surface area contributed by atoms with Gasteiger partial charge >= 0.3 is 0 Å². The molecule has 1 heterocycles. The maximum atomic E-state index is 13.2. The minimum Gasteiger partial charge on any atom is -0.507 e. The van der Waals surface area contributed by atoms with Crippen molar-refractivity contribution in [1.29, 1.82) is 0 Å². The van der Waals surface area contributed by atoms with Crippen LogP contribution in [0.1, 0.15) is 17.2 Å². The summed E-state index contributed by atoms with van der Waals surface area (Å²) in [6.45, 7) is 0. The first-order chi connectivity index (χ1) is 16.2. The number of anilines is 2. The Bertz CT molecular complexity index is 1320. The molecule has 1 aliphatic rings. The van der Waals surface area contributed by atoms with Crippen molar-refractivity contribution in [3.8, 4) is 0 Å². The van der Waals surface area contributed by atoms with Gasteiger partial charge in [0.1, 0.15) is 5.76 Å². The van der Waals surface area contributed by atoms with Gasteiger partial charge in [0.2, 0.25) is 0 Å². The number of carbonyl (C=O) groups excluding carboxylic acids is 2. The molecule has 1 fully saturated rings. The number of nitro groups is 1. The number of aliphatic hydroxyl groups is 1. The third-order valence-electron chi connectivity index (χ3n) is 5.60. The molecule has 0 bridgehead atoms. The summed E-state index contributed by atoms with van der Waals surface area (Å²) in [4.78, 5) is 40.3. The number of Topliss-reactive ketones (excluding diaryl/α,β-unsaturated/α-hetero) is 1. The van der Waals surface area contributed by atoms with Crippen molar-refractivity contribution in [2.24, 2.45) is 0 Å². The second-order valence-electron chi connectivity index (χ2n) is 7.94. The summed E-state index contributed by atoms with van der Waals surface area (Å²) >= 11 is 5.94. The van der Waals surface area contributed by atoms with Crippen LogP contribution < -0.4 is 9.80 Å². The second kappa shape index (κ2) is 8.99. The van der Waals surface area contributed by atoms with Crippen LogP contribution in [-0.4, -0.2) is 35.8 Å². The molecule has 0 saturated carbocycles. The fourth-order valence-electron chi connectivity index (χ4n) is 3.90. The summed E-state index contributed by atoms with van der Waals surface area (Å²) in [5.74, 6) is -2.12. The van der Waals surface area contributed by atoms with E-state index < -0.39 is 22.7 Å². The van der Waals surface area contributed by atoms with Gasteiger partial charge in [-0.1, -0.05) is 23.7 Å². The first-order valence-electron chi connectivity index (χ1n) is 10.3. The highest BCUT2D eigenvalue weighted by atomic mass is 35.5. The van der Waals surface area contributed by atoms with E-state index in [4.69, 9.17) is 11.6 Å². The number of aliphatic hydroxyl groups excluding tert-OH is 1. The topological polar surface area (TPSA) is 104 Å². The van der Waals surface area contributed by atoms with Crippen LogP contribution in [0.4, 0.5) is 17.1 Å². The molecular weight excluding hydrogens is 458 g/mol. The quantitative estimate of drug-likeness (QED) is 0.183. The maximum absolute atomic E-state index is 13.2. The summed E-state index contributed by atoms with van der Waals surface area (Å²) in [6.07, 6.45) is 0. The van der Waals surface area contributed by atoms with Crippen molar-refractivity contribution in [3.05, 3.63) is 105 Å². The van der Waals surface area contributed by atoms with E-state index in [1.807, 2.05) is 19.0 Å². The minimum absolute atomic E-state index is 0.162. The number of non-ortho nitro benzene ring substituents is 1. The Labute approximate surface area is 200 Å². The van der Waals surface area contributed by atoms with Gasteiger partial charge in [-0.2, -0.15) is 0 Å². The van der Waals surface area contributed by atoms with E-state index in [0.717, 1.165) is 5.69 Å². The van der Waals surface area contributed by atoms with Crippen molar-refractivity contribution in [2.45, 2.75) is 6.04 Å². The molecule has 34 heavy (non-hydrogen) atoms. The van der Waals surface area contributed by atoms with E-state index in [2.05, 4.69) is 0 Å². The number of carbonyl (C=O) groups is 2. The number of nitro benzene ring substituents is 1. The molecule has 1 aliphatic heterocycles. The average molecular weight is 478 g/mol. The molecule has 3 aromatic rings. The van der Waals surface area contributed by atoms with Gasteiger partial charge in [-0.05, 0) is 54.1 Å². The molecule has 1 amide bonds. The van der Waals surface area contributed by atoms with Gasteiger partial charge in [0, 0.05) is 48.2 Å². The number of benzene rings is 3. The Balaban J connectivity index is 1.93. The summed E-state index contributed by atoms with van der Waals surface area (Å²) < 4.78 is 0. The van der Waals surface area contributed by atoms with E-state index in [-0.39, 0.29) is 17.0 Å². The minimum atomic E-state index is -1.07. The van der Waals surface area contributed by atoms with E-state index in [0.29, 0.717) is 21.8 Å². The summed E-state index contributed by atoms with van der Waals surface area (Å²) in [7, 11) is 3.74. The SMILES string of the molecule is CN(C)c1ccc(N2C(=O)C(=O)/C(=C(/O)c3ccc(Cl)cc3)[C@H]2c2cccc([N+](=O)[O-])c2)cc1. The smallest absolute Gasteiger partial charge is 0.300 e. The molecule has 1 N–H and O–H groups in total. The highest BCUT2D eigenvalue weighted by molar-refractivity contribution is 6.51.